The molecule has 2 N–H and O–H groups in total. The summed E-state index contributed by atoms with van der Waals surface area (Å²) in [4.78, 5) is 0. The van der Waals surface area contributed by atoms with Crippen LogP contribution in [0, 0.1) is 9.49 Å². The molecule has 0 saturated carbocycles. The van der Waals surface area contributed by atoms with Crippen molar-refractivity contribution in [1.29, 1.82) is 0 Å². The molecule has 1 atom stereocenters. The van der Waals surface area contributed by atoms with Crippen molar-refractivity contribution in [2.45, 2.75) is 6.42 Å². The van der Waals surface area contributed by atoms with Crippen LogP contribution in [0.5, 0.6) is 5.75 Å². The van der Waals surface area contributed by atoms with Crippen molar-refractivity contribution in [3.05, 3.63) is 21.8 Å². The van der Waals surface area contributed by atoms with Gasteiger partial charge in [-0.3, -0.25) is 0 Å². The van der Waals surface area contributed by atoms with Gasteiger partial charge < -0.3 is 15.2 Å². The molecule has 3 nitrogen and oxygen atoms in total. The average Bonchev–Trinajstić information content (AvgIpc) is 2.69. The minimum Gasteiger partial charge on any atom is -0.492 e. The molecule has 0 aliphatic carbocycles. The van der Waals surface area contributed by atoms with Gasteiger partial charge >= 0.3 is 0 Å². The Bertz CT molecular complexity index is 337. The Hall–Kier alpha value is -0.490. The van der Waals surface area contributed by atoms with Gasteiger partial charge in [-0.2, -0.15) is 0 Å². The second kappa shape index (κ2) is 5.03. The summed E-state index contributed by atoms with van der Waals surface area (Å²) in [6.45, 7) is 2.43. The summed E-state index contributed by atoms with van der Waals surface area (Å²) in [5, 5.41) is 0. The van der Waals surface area contributed by atoms with Crippen molar-refractivity contribution in [3.8, 4) is 5.75 Å². The Kier molecular flexibility index (Phi) is 3.69. The van der Waals surface area contributed by atoms with Crippen LogP contribution in [-0.2, 0) is 4.74 Å². The van der Waals surface area contributed by atoms with Crippen LogP contribution in [0.4, 0.5) is 5.69 Å². The Labute approximate surface area is 103 Å². The molecule has 1 unspecified atom stereocenters. The molecule has 1 aromatic rings. The zero-order valence-corrected chi connectivity index (χ0v) is 10.6. The SMILES string of the molecule is Nc1ccc(OCC2CCOC2)c(I)c1. The molecule has 1 fully saturated rings. The molecule has 1 aliphatic rings. The summed E-state index contributed by atoms with van der Waals surface area (Å²) in [5.74, 6) is 1.45. The van der Waals surface area contributed by atoms with Crippen molar-refractivity contribution < 1.29 is 9.47 Å². The van der Waals surface area contributed by atoms with Crippen LogP contribution < -0.4 is 10.5 Å². The lowest BCUT2D eigenvalue weighted by Crippen LogP contribution is -2.12. The van der Waals surface area contributed by atoms with Crippen molar-refractivity contribution in [1.82, 2.24) is 0 Å². The Morgan fingerprint density at radius 1 is 1.53 bits per heavy atom. The maximum absolute atomic E-state index is 5.73. The zero-order valence-electron chi connectivity index (χ0n) is 8.41. The summed E-state index contributed by atoms with van der Waals surface area (Å²) >= 11 is 2.24. The maximum Gasteiger partial charge on any atom is 0.132 e. The van der Waals surface area contributed by atoms with Crippen LogP contribution in [0.3, 0.4) is 0 Å². The topological polar surface area (TPSA) is 44.5 Å². The average molecular weight is 319 g/mol. The number of nitrogen functional groups attached to an aromatic ring is 1. The molecular weight excluding hydrogens is 305 g/mol. The van der Waals surface area contributed by atoms with E-state index in [0.717, 1.165) is 41.2 Å². The third-order valence-electron chi connectivity index (χ3n) is 2.45. The fourth-order valence-electron chi connectivity index (χ4n) is 1.56. The van der Waals surface area contributed by atoms with Crippen LogP contribution in [-0.4, -0.2) is 19.8 Å². The van der Waals surface area contributed by atoms with Gasteiger partial charge in [0.05, 0.1) is 16.8 Å². The van der Waals surface area contributed by atoms with E-state index in [1.165, 1.54) is 0 Å². The fourth-order valence-corrected chi connectivity index (χ4v) is 2.25. The lowest BCUT2D eigenvalue weighted by molar-refractivity contribution is 0.167. The normalized spacial score (nSPS) is 20.5. The van der Waals surface area contributed by atoms with Gasteiger partial charge in [0.25, 0.3) is 0 Å². The van der Waals surface area contributed by atoms with E-state index in [9.17, 15) is 0 Å². The molecule has 0 amide bonds. The third-order valence-corrected chi connectivity index (χ3v) is 3.30. The van der Waals surface area contributed by atoms with Gasteiger partial charge in [-0.15, -0.1) is 0 Å². The molecule has 1 aliphatic heterocycles. The van der Waals surface area contributed by atoms with E-state index in [1.54, 1.807) is 0 Å². The lowest BCUT2D eigenvalue weighted by atomic mass is 10.1. The van der Waals surface area contributed by atoms with E-state index >= 15 is 0 Å². The first-order valence-corrected chi connectivity index (χ1v) is 6.09. The standard InChI is InChI=1S/C11H14INO2/c12-10-5-9(13)1-2-11(10)15-7-8-3-4-14-6-8/h1-2,5,8H,3-4,6-7,13H2. The first-order chi connectivity index (χ1) is 7.25. The number of halogens is 1. The monoisotopic (exact) mass is 319 g/mol. The van der Waals surface area contributed by atoms with Gasteiger partial charge in [-0.25, -0.2) is 0 Å². The van der Waals surface area contributed by atoms with Gasteiger partial charge in [0.2, 0.25) is 0 Å². The number of rotatable bonds is 3. The van der Waals surface area contributed by atoms with Crippen LogP contribution in [0.2, 0.25) is 0 Å². The van der Waals surface area contributed by atoms with E-state index in [1.807, 2.05) is 18.2 Å². The quantitative estimate of drug-likeness (QED) is 0.687. The molecule has 0 spiro atoms. The fraction of sp³-hybridized carbons (Fsp3) is 0.455. The van der Waals surface area contributed by atoms with Crippen molar-refractivity contribution >= 4 is 28.3 Å². The van der Waals surface area contributed by atoms with Gasteiger partial charge in [-0.1, -0.05) is 0 Å². The minimum atomic E-state index is 0.540. The molecule has 0 bridgehead atoms. The molecule has 0 radical (unpaired) electrons. The number of nitrogens with two attached hydrogens (primary N) is 1. The molecule has 1 heterocycles. The van der Waals surface area contributed by atoms with Crippen molar-refractivity contribution in [3.63, 3.8) is 0 Å². The van der Waals surface area contributed by atoms with E-state index in [-0.39, 0.29) is 0 Å². The van der Waals surface area contributed by atoms with E-state index in [4.69, 9.17) is 15.2 Å². The third kappa shape index (κ3) is 2.98. The summed E-state index contributed by atoms with van der Waals surface area (Å²) in [6, 6.07) is 5.70. The largest absolute Gasteiger partial charge is 0.492 e. The maximum atomic E-state index is 5.73. The van der Waals surface area contributed by atoms with Gasteiger partial charge in [-0.05, 0) is 47.2 Å². The zero-order chi connectivity index (χ0) is 10.7. The smallest absolute Gasteiger partial charge is 0.132 e. The summed E-state index contributed by atoms with van der Waals surface area (Å²) in [5.41, 5.74) is 6.44. The second-order valence-corrected chi connectivity index (χ2v) is 4.89. The van der Waals surface area contributed by atoms with Gasteiger partial charge in [0.1, 0.15) is 5.75 Å². The molecule has 4 heteroatoms. The van der Waals surface area contributed by atoms with Crippen LogP contribution in [0.1, 0.15) is 6.42 Å². The number of benzene rings is 1. The number of hydrogen-bond acceptors (Lipinski definition) is 3. The number of anilines is 1. The number of ether oxygens (including phenoxy) is 2. The Morgan fingerprint density at radius 2 is 2.40 bits per heavy atom. The Balaban J connectivity index is 1.92. The van der Waals surface area contributed by atoms with Crippen LogP contribution in [0.15, 0.2) is 18.2 Å². The molecule has 1 aromatic carbocycles. The van der Waals surface area contributed by atoms with E-state index in [0.29, 0.717) is 5.92 Å². The highest BCUT2D eigenvalue weighted by Crippen LogP contribution is 2.24. The first kappa shape index (κ1) is 11.0. The van der Waals surface area contributed by atoms with Crippen LogP contribution in [0.25, 0.3) is 0 Å². The van der Waals surface area contributed by atoms with E-state index < -0.39 is 0 Å². The predicted molar refractivity (Wildman–Crippen MR) is 68.0 cm³/mol. The van der Waals surface area contributed by atoms with Gasteiger partial charge in [0.15, 0.2) is 0 Å². The first-order valence-electron chi connectivity index (χ1n) is 5.01. The lowest BCUT2D eigenvalue weighted by Gasteiger charge is -2.11. The molecule has 82 valence electrons. The Morgan fingerprint density at radius 3 is 3.07 bits per heavy atom. The predicted octanol–water partition coefficient (Wildman–Crippen LogP) is 2.29. The highest BCUT2D eigenvalue weighted by molar-refractivity contribution is 14.1. The molecule has 2 rings (SSSR count). The van der Waals surface area contributed by atoms with E-state index in [2.05, 4.69) is 22.6 Å². The second-order valence-electron chi connectivity index (χ2n) is 3.73. The van der Waals surface area contributed by atoms with Crippen molar-refractivity contribution in [2.75, 3.05) is 25.6 Å². The summed E-state index contributed by atoms with van der Waals surface area (Å²) < 4.78 is 12.1. The summed E-state index contributed by atoms with van der Waals surface area (Å²) in [7, 11) is 0. The highest BCUT2D eigenvalue weighted by atomic mass is 127. The molecule has 15 heavy (non-hydrogen) atoms. The van der Waals surface area contributed by atoms with Gasteiger partial charge in [0, 0.05) is 18.2 Å². The molecule has 0 aromatic heterocycles. The molecular formula is C11H14INO2. The minimum absolute atomic E-state index is 0.540. The van der Waals surface area contributed by atoms with Crippen molar-refractivity contribution in [2.24, 2.45) is 5.92 Å². The summed E-state index contributed by atoms with van der Waals surface area (Å²) in [6.07, 6.45) is 1.10. The molecule has 1 saturated heterocycles. The highest BCUT2D eigenvalue weighted by Gasteiger charge is 2.16. The number of hydrogen-bond donors (Lipinski definition) is 1. The van der Waals surface area contributed by atoms with Crippen LogP contribution >= 0.6 is 22.6 Å².